The Morgan fingerprint density at radius 3 is 2.65 bits per heavy atom. The van der Waals surface area contributed by atoms with E-state index in [1.165, 1.54) is 6.07 Å². The number of carbonyl (C=O) groups is 3. The van der Waals surface area contributed by atoms with Crippen LogP contribution in [0.25, 0.3) is 0 Å². The number of aliphatic carboxylic acids is 1. The lowest BCUT2D eigenvalue weighted by Crippen LogP contribution is -2.31. The van der Waals surface area contributed by atoms with Crippen molar-refractivity contribution in [1.29, 1.82) is 0 Å². The average Bonchev–Trinajstić information content (AvgIpc) is 2.72. The number of hydrogen-bond donors (Lipinski definition) is 1. The second-order valence-corrected chi connectivity index (χ2v) is 6.13. The third kappa shape index (κ3) is 4.04. The molecule has 1 aliphatic heterocycles. The van der Waals surface area contributed by atoms with Gasteiger partial charge in [0.05, 0.1) is 22.9 Å². The van der Waals surface area contributed by atoms with E-state index < -0.39 is 34.8 Å². The Balaban J connectivity index is 2.16. The monoisotopic (exact) mass is 347 g/mol. The molecule has 2 amide bonds. The van der Waals surface area contributed by atoms with Gasteiger partial charge in [0.15, 0.2) is 0 Å². The van der Waals surface area contributed by atoms with E-state index in [1.54, 1.807) is 0 Å². The lowest BCUT2D eigenvalue weighted by molar-refractivity contribution is -0.138. The highest BCUT2D eigenvalue weighted by Gasteiger charge is 2.40. The SMILES string of the molecule is O=C(O)CCSC1CC(=O)N(c2cccc(C(F)(F)F)c2)C1=O. The molecule has 1 fully saturated rings. The minimum atomic E-state index is -4.57. The molecule has 0 bridgehead atoms. The van der Waals surface area contributed by atoms with Crippen LogP contribution < -0.4 is 4.90 Å². The van der Waals surface area contributed by atoms with Crippen LogP contribution in [0, 0.1) is 0 Å². The molecule has 124 valence electrons. The van der Waals surface area contributed by atoms with Gasteiger partial charge in [-0.1, -0.05) is 6.07 Å². The number of carbonyl (C=O) groups excluding carboxylic acids is 2. The van der Waals surface area contributed by atoms with Gasteiger partial charge in [-0.25, -0.2) is 4.90 Å². The number of anilines is 1. The van der Waals surface area contributed by atoms with Crippen molar-refractivity contribution >= 4 is 35.2 Å². The number of imide groups is 1. The summed E-state index contributed by atoms with van der Waals surface area (Å²) in [6.07, 6.45) is -4.89. The maximum Gasteiger partial charge on any atom is 0.416 e. The number of thioether (sulfide) groups is 1. The molecule has 2 rings (SSSR count). The quantitative estimate of drug-likeness (QED) is 0.829. The maximum absolute atomic E-state index is 12.7. The molecule has 9 heteroatoms. The maximum atomic E-state index is 12.7. The van der Waals surface area contributed by atoms with E-state index in [1.807, 2.05) is 0 Å². The molecule has 1 atom stereocenters. The molecular formula is C14H12F3NO4S. The van der Waals surface area contributed by atoms with Gasteiger partial charge in [-0.2, -0.15) is 13.2 Å². The third-order valence-electron chi connectivity index (χ3n) is 3.17. The lowest BCUT2D eigenvalue weighted by atomic mass is 10.2. The molecule has 1 aromatic carbocycles. The summed E-state index contributed by atoms with van der Waals surface area (Å²) in [6.45, 7) is 0. The number of benzene rings is 1. The average molecular weight is 347 g/mol. The summed E-state index contributed by atoms with van der Waals surface area (Å²) in [7, 11) is 0. The Bertz CT molecular complexity index is 647. The van der Waals surface area contributed by atoms with Gasteiger partial charge in [-0.15, -0.1) is 11.8 Å². The fraction of sp³-hybridized carbons (Fsp3) is 0.357. The number of nitrogens with zero attached hydrogens (tertiary/aromatic N) is 1. The van der Waals surface area contributed by atoms with Crippen LogP contribution >= 0.6 is 11.8 Å². The van der Waals surface area contributed by atoms with Gasteiger partial charge in [0.25, 0.3) is 0 Å². The number of amides is 2. The second kappa shape index (κ2) is 6.61. The Kier molecular flexibility index (Phi) is 4.98. The smallest absolute Gasteiger partial charge is 0.416 e. The summed E-state index contributed by atoms with van der Waals surface area (Å²) in [5.41, 5.74) is -1.08. The first-order valence-electron chi connectivity index (χ1n) is 6.57. The Morgan fingerprint density at radius 1 is 1.35 bits per heavy atom. The number of alkyl halides is 3. The zero-order chi connectivity index (χ0) is 17.2. The number of rotatable bonds is 5. The first-order chi connectivity index (χ1) is 10.7. The van der Waals surface area contributed by atoms with Gasteiger partial charge in [0, 0.05) is 12.2 Å². The number of hydrogen-bond acceptors (Lipinski definition) is 4. The van der Waals surface area contributed by atoms with Crippen molar-refractivity contribution in [1.82, 2.24) is 0 Å². The summed E-state index contributed by atoms with van der Waals surface area (Å²) in [4.78, 5) is 35.3. The van der Waals surface area contributed by atoms with Gasteiger partial charge in [0.1, 0.15) is 0 Å². The predicted molar refractivity (Wildman–Crippen MR) is 77.1 cm³/mol. The van der Waals surface area contributed by atoms with E-state index in [-0.39, 0.29) is 24.3 Å². The highest BCUT2D eigenvalue weighted by molar-refractivity contribution is 8.00. The Hall–Kier alpha value is -2.03. The Morgan fingerprint density at radius 2 is 2.04 bits per heavy atom. The lowest BCUT2D eigenvalue weighted by Gasteiger charge is -2.16. The van der Waals surface area contributed by atoms with E-state index in [9.17, 15) is 27.6 Å². The van der Waals surface area contributed by atoms with Gasteiger partial charge in [0.2, 0.25) is 11.8 Å². The standard InChI is InChI=1S/C14H12F3NO4S/c15-14(16,17)8-2-1-3-9(6-8)18-11(19)7-10(13(18)22)23-5-4-12(20)21/h1-3,6,10H,4-5,7H2,(H,20,21). The molecule has 0 radical (unpaired) electrons. The first-order valence-corrected chi connectivity index (χ1v) is 7.62. The molecule has 1 aliphatic rings. The Labute approximate surface area is 133 Å². The molecule has 1 aromatic rings. The molecule has 0 spiro atoms. The minimum Gasteiger partial charge on any atom is -0.481 e. The fourth-order valence-electron chi connectivity index (χ4n) is 2.12. The van der Waals surface area contributed by atoms with Crippen LogP contribution in [0.5, 0.6) is 0 Å². The molecule has 0 saturated carbocycles. The van der Waals surface area contributed by atoms with Crippen LogP contribution in [0.4, 0.5) is 18.9 Å². The van der Waals surface area contributed by atoms with E-state index in [0.29, 0.717) is 0 Å². The number of halogens is 3. The van der Waals surface area contributed by atoms with Crippen molar-refractivity contribution < 1.29 is 32.7 Å². The van der Waals surface area contributed by atoms with Crippen molar-refractivity contribution in [2.24, 2.45) is 0 Å². The second-order valence-electron chi connectivity index (χ2n) is 4.82. The first kappa shape index (κ1) is 17.3. The molecule has 1 heterocycles. The van der Waals surface area contributed by atoms with Crippen molar-refractivity contribution in [3.05, 3.63) is 29.8 Å². The minimum absolute atomic E-state index is 0.129. The topological polar surface area (TPSA) is 74.7 Å². The van der Waals surface area contributed by atoms with Gasteiger partial charge in [-0.05, 0) is 18.2 Å². The number of carboxylic acids is 1. The fourth-order valence-corrected chi connectivity index (χ4v) is 3.20. The molecule has 1 N–H and O–H groups in total. The largest absolute Gasteiger partial charge is 0.481 e. The van der Waals surface area contributed by atoms with Crippen molar-refractivity contribution in [2.45, 2.75) is 24.3 Å². The van der Waals surface area contributed by atoms with Gasteiger partial charge >= 0.3 is 12.1 Å². The van der Waals surface area contributed by atoms with Crippen LogP contribution in [0.3, 0.4) is 0 Å². The molecule has 23 heavy (non-hydrogen) atoms. The molecule has 0 aliphatic carbocycles. The molecule has 1 saturated heterocycles. The molecule has 0 aromatic heterocycles. The third-order valence-corrected chi connectivity index (χ3v) is 4.38. The van der Waals surface area contributed by atoms with Gasteiger partial charge in [-0.3, -0.25) is 14.4 Å². The normalized spacial score (nSPS) is 18.6. The summed E-state index contributed by atoms with van der Waals surface area (Å²) in [6, 6.07) is 3.99. The van der Waals surface area contributed by atoms with Crippen molar-refractivity contribution in [3.63, 3.8) is 0 Å². The van der Waals surface area contributed by atoms with E-state index in [2.05, 4.69) is 0 Å². The van der Waals surface area contributed by atoms with Crippen LogP contribution in [0.15, 0.2) is 24.3 Å². The van der Waals surface area contributed by atoms with E-state index in [4.69, 9.17) is 5.11 Å². The summed E-state index contributed by atoms with van der Waals surface area (Å²) in [5.74, 6) is -2.09. The molecule has 5 nitrogen and oxygen atoms in total. The molecule has 1 unspecified atom stereocenters. The zero-order valence-corrected chi connectivity index (χ0v) is 12.5. The van der Waals surface area contributed by atoms with Crippen molar-refractivity contribution in [3.8, 4) is 0 Å². The van der Waals surface area contributed by atoms with Crippen LogP contribution in [-0.4, -0.2) is 33.9 Å². The van der Waals surface area contributed by atoms with E-state index >= 15 is 0 Å². The summed E-state index contributed by atoms with van der Waals surface area (Å²) >= 11 is 1.02. The predicted octanol–water partition coefficient (Wildman–Crippen LogP) is 2.55. The van der Waals surface area contributed by atoms with Gasteiger partial charge < -0.3 is 5.11 Å². The summed E-state index contributed by atoms with van der Waals surface area (Å²) in [5, 5.41) is 7.79. The van der Waals surface area contributed by atoms with Crippen LogP contribution in [0.2, 0.25) is 0 Å². The highest BCUT2D eigenvalue weighted by Crippen LogP contribution is 2.34. The molecular weight excluding hydrogens is 335 g/mol. The highest BCUT2D eigenvalue weighted by atomic mass is 32.2. The number of carboxylic acid groups (broad SMARTS) is 1. The van der Waals surface area contributed by atoms with Crippen LogP contribution in [0.1, 0.15) is 18.4 Å². The zero-order valence-electron chi connectivity index (χ0n) is 11.7. The summed E-state index contributed by atoms with van der Waals surface area (Å²) < 4.78 is 38.2. The van der Waals surface area contributed by atoms with Crippen LogP contribution in [-0.2, 0) is 20.6 Å². The van der Waals surface area contributed by atoms with Crippen molar-refractivity contribution in [2.75, 3.05) is 10.7 Å². The van der Waals surface area contributed by atoms with E-state index in [0.717, 1.165) is 34.9 Å².